The summed E-state index contributed by atoms with van der Waals surface area (Å²) in [5, 5.41) is 3.42. The van der Waals surface area contributed by atoms with Gasteiger partial charge in [-0.2, -0.15) is 0 Å². The Labute approximate surface area is 84.3 Å². The molecular weight excluding hydrogens is 176 g/mol. The van der Waals surface area contributed by atoms with E-state index in [1.54, 1.807) is 0 Å². The fourth-order valence-corrected chi connectivity index (χ4v) is 1.80. The van der Waals surface area contributed by atoms with Gasteiger partial charge in [-0.05, 0) is 30.2 Å². The second-order valence-electron chi connectivity index (χ2n) is 3.70. The zero-order chi connectivity index (χ0) is 9.97. The van der Waals surface area contributed by atoms with Gasteiger partial charge in [0.2, 0.25) is 0 Å². The van der Waals surface area contributed by atoms with Gasteiger partial charge in [0, 0.05) is 12.2 Å². The largest absolute Gasteiger partial charge is 0.399 e. The third-order valence-electron chi connectivity index (χ3n) is 2.60. The van der Waals surface area contributed by atoms with Crippen molar-refractivity contribution in [3.05, 3.63) is 29.3 Å². The Hall–Kier alpha value is -1.06. The van der Waals surface area contributed by atoms with E-state index in [0.29, 0.717) is 6.04 Å². The average Bonchev–Trinajstić information content (AvgIpc) is 2.23. The lowest BCUT2D eigenvalue weighted by molar-refractivity contribution is 0.0767. The van der Waals surface area contributed by atoms with Gasteiger partial charge < -0.3 is 15.8 Å². The van der Waals surface area contributed by atoms with E-state index in [1.165, 1.54) is 11.1 Å². The number of rotatable bonds is 1. The van der Waals surface area contributed by atoms with Crippen molar-refractivity contribution < 1.29 is 4.74 Å². The van der Waals surface area contributed by atoms with Crippen molar-refractivity contribution in [2.24, 2.45) is 0 Å². The van der Waals surface area contributed by atoms with Gasteiger partial charge in [0.25, 0.3) is 0 Å². The van der Waals surface area contributed by atoms with Crippen LogP contribution >= 0.6 is 0 Å². The lowest BCUT2D eigenvalue weighted by Gasteiger charge is -2.25. The highest BCUT2D eigenvalue weighted by Gasteiger charge is 2.16. The van der Waals surface area contributed by atoms with Crippen LogP contribution in [0.4, 0.5) is 5.69 Å². The number of aryl methyl sites for hydroxylation is 1. The first-order valence-corrected chi connectivity index (χ1v) is 4.94. The zero-order valence-electron chi connectivity index (χ0n) is 8.42. The molecule has 76 valence electrons. The standard InChI is InChI=1S/C11H16N2O/c1-8-2-3-9(12)6-10(8)11-7-14-5-4-13-11/h2-3,6,11,13H,4-5,7,12H2,1H3/t11-/m0/s1. The van der Waals surface area contributed by atoms with Crippen molar-refractivity contribution >= 4 is 5.69 Å². The van der Waals surface area contributed by atoms with Crippen LogP contribution in [0, 0.1) is 6.92 Å². The smallest absolute Gasteiger partial charge is 0.0662 e. The topological polar surface area (TPSA) is 47.3 Å². The predicted molar refractivity (Wildman–Crippen MR) is 57.2 cm³/mol. The molecule has 1 aromatic carbocycles. The highest BCUT2D eigenvalue weighted by molar-refractivity contribution is 5.45. The minimum absolute atomic E-state index is 0.298. The molecule has 3 nitrogen and oxygen atoms in total. The molecule has 1 atom stereocenters. The van der Waals surface area contributed by atoms with E-state index in [9.17, 15) is 0 Å². The molecular formula is C11H16N2O. The summed E-state index contributed by atoms with van der Waals surface area (Å²) in [5.74, 6) is 0. The van der Waals surface area contributed by atoms with E-state index >= 15 is 0 Å². The van der Waals surface area contributed by atoms with E-state index in [1.807, 2.05) is 12.1 Å². The molecule has 0 aliphatic carbocycles. The summed E-state index contributed by atoms with van der Waals surface area (Å²) in [6, 6.07) is 6.32. The van der Waals surface area contributed by atoms with Crippen LogP contribution in [0.2, 0.25) is 0 Å². The van der Waals surface area contributed by atoms with E-state index in [0.717, 1.165) is 25.4 Å². The van der Waals surface area contributed by atoms with E-state index in [4.69, 9.17) is 10.5 Å². The van der Waals surface area contributed by atoms with Crippen molar-refractivity contribution in [3.63, 3.8) is 0 Å². The lowest BCUT2D eigenvalue weighted by Crippen LogP contribution is -2.34. The van der Waals surface area contributed by atoms with Crippen molar-refractivity contribution in [2.45, 2.75) is 13.0 Å². The molecule has 0 amide bonds. The summed E-state index contributed by atoms with van der Waals surface area (Å²) in [4.78, 5) is 0. The summed E-state index contributed by atoms with van der Waals surface area (Å²) >= 11 is 0. The lowest BCUT2D eigenvalue weighted by atomic mass is 10.0. The second-order valence-corrected chi connectivity index (χ2v) is 3.70. The Bertz CT molecular complexity index is 319. The molecule has 1 aliphatic rings. The average molecular weight is 192 g/mol. The maximum Gasteiger partial charge on any atom is 0.0662 e. The molecule has 1 heterocycles. The summed E-state index contributed by atoms with van der Waals surface area (Å²) < 4.78 is 5.43. The summed E-state index contributed by atoms with van der Waals surface area (Å²) in [6.07, 6.45) is 0. The molecule has 0 aromatic heterocycles. The Morgan fingerprint density at radius 1 is 1.50 bits per heavy atom. The number of ether oxygens (including phenoxy) is 1. The number of morpholine rings is 1. The summed E-state index contributed by atoms with van der Waals surface area (Å²) in [7, 11) is 0. The van der Waals surface area contributed by atoms with Crippen molar-refractivity contribution in [3.8, 4) is 0 Å². The summed E-state index contributed by atoms with van der Waals surface area (Å²) in [6.45, 7) is 4.56. The van der Waals surface area contributed by atoms with Crippen LogP contribution in [-0.2, 0) is 4.74 Å². The number of nitrogens with two attached hydrogens (primary N) is 1. The SMILES string of the molecule is Cc1ccc(N)cc1[C@@H]1COCCN1. The van der Waals surface area contributed by atoms with Gasteiger partial charge in [-0.15, -0.1) is 0 Å². The number of anilines is 1. The maximum atomic E-state index is 5.77. The molecule has 1 saturated heterocycles. The quantitative estimate of drug-likeness (QED) is 0.658. The van der Waals surface area contributed by atoms with Crippen LogP contribution in [0.25, 0.3) is 0 Å². The molecule has 0 saturated carbocycles. The van der Waals surface area contributed by atoms with Crippen LogP contribution in [0.1, 0.15) is 17.2 Å². The van der Waals surface area contributed by atoms with Crippen LogP contribution < -0.4 is 11.1 Å². The summed E-state index contributed by atoms with van der Waals surface area (Å²) in [5.41, 5.74) is 9.10. The molecule has 0 radical (unpaired) electrons. The van der Waals surface area contributed by atoms with Crippen molar-refractivity contribution in [1.29, 1.82) is 0 Å². The highest BCUT2D eigenvalue weighted by atomic mass is 16.5. The fourth-order valence-electron chi connectivity index (χ4n) is 1.80. The van der Waals surface area contributed by atoms with Gasteiger partial charge in [-0.1, -0.05) is 6.07 Å². The molecule has 1 fully saturated rings. The Kier molecular flexibility index (Phi) is 2.70. The molecule has 2 rings (SSSR count). The highest BCUT2D eigenvalue weighted by Crippen LogP contribution is 2.21. The van der Waals surface area contributed by atoms with E-state index < -0.39 is 0 Å². The van der Waals surface area contributed by atoms with Gasteiger partial charge in [0.15, 0.2) is 0 Å². The minimum Gasteiger partial charge on any atom is -0.399 e. The first-order chi connectivity index (χ1) is 6.77. The van der Waals surface area contributed by atoms with Crippen LogP contribution in [-0.4, -0.2) is 19.8 Å². The molecule has 1 aromatic rings. The minimum atomic E-state index is 0.298. The molecule has 3 heteroatoms. The Morgan fingerprint density at radius 2 is 2.36 bits per heavy atom. The zero-order valence-corrected chi connectivity index (χ0v) is 8.42. The Morgan fingerprint density at radius 3 is 3.07 bits per heavy atom. The number of nitrogen functional groups attached to an aromatic ring is 1. The van der Waals surface area contributed by atoms with Crippen molar-refractivity contribution in [2.75, 3.05) is 25.5 Å². The second kappa shape index (κ2) is 3.98. The van der Waals surface area contributed by atoms with Gasteiger partial charge in [0.1, 0.15) is 0 Å². The van der Waals surface area contributed by atoms with E-state index in [-0.39, 0.29) is 0 Å². The van der Waals surface area contributed by atoms with E-state index in [2.05, 4.69) is 18.3 Å². The third kappa shape index (κ3) is 1.89. The van der Waals surface area contributed by atoms with Gasteiger partial charge in [-0.25, -0.2) is 0 Å². The van der Waals surface area contributed by atoms with Gasteiger partial charge in [-0.3, -0.25) is 0 Å². The fraction of sp³-hybridized carbons (Fsp3) is 0.455. The normalized spacial score (nSPS) is 22.2. The molecule has 3 N–H and O–H groups in total. The molecule has 0 bridgehead atoms. The number of hydrogen-bond donors (Lipinski definition) is 2. The number of nitrogens with one attached hydrogen (secondary N) is 1. The van der Waals surface area contributed by atoms with Crippen LogP contribution in [0.15, 0.2) is 18.2 Å². The Balaban J connectivity index is 2.24. The first kappa shape index (κ1) is 9.49. The number of hydrogen-bond acceptors (Lipinski definition) is 3. The first-order valence-electron chi connectivity index (χ1n) is 4.94. The number of benzene rings is 1. The van der Waals surface area contributed by atoms with Gasteiger partial charge in [0.05, 0.1) is 19.3 Å². The molecule has 0 unspecified atom stereocenters. The predicted octanol–water partition coefficient (Wildman–Crippen LogP) is 1.24. The van der Waals surface area contributed by atoms with Gasteiger partial charge >= 0.3 is 0 Å². The molecule has 0 spiro atoms. The molecule has 14 heavy (non-hydrogen) atoms. The van der Waals surface area contributed by atoms with Crippen LogP contribution in [0.3, 0.4) is 0 Å². The van der Waals surface area contributed by atoms with Crippen molar-refractivity contribution in [1.82, 2.24) is 5.32 Å². The van der Waals surface area contributed by atoms with Crippen LogP contribution in [0.5, 0.6) is 0 Å². The monoisotopic (exact) mass is 192 g/mol. The third-order valence-corrected chi connectivity index (χ3v) is 2.60. The molecule has 1 aliphatic heterocycles. The maximum absolute atomic E-state index is 5.77.